The lowest BCUT2D eigenvalue weighted by Crippen LogP contribution is -2.17. The highest BCUT2D eigenvalue weighted by atomic mass is 79.9. The number of carbonyl (C=O) groups excluding carboxylic acids is 1. The summed E-state index contributed by atoms with van der Waals surface area (Å²) in [7, 11) is 0. The minimum atomic E-state index is -0.236. The molecule has 0 aliphatic rings. The van der Waals surface area contributed by atoms with E-state index in [2.05, 4.69) is 36.5 Å². The maximum absolute atomic E-state index is 12.9. The van der Waals surface area contributed by atoms with Gasteiger partial charge in [-0.25, -0.2) is 9.37 Å². The molecule has 6 nitrogen and oxygen atoms in total. The number of benzene rings is 2. The van der Waals surface area contributed by atoms with Crippen LogP contribution in [0.25, 0.3) is 0 Å². The first kappa shape index (κ1) is 21.6. The summed E-state index contributed by atoms with van der Waals surface area (Å²) in [6, 6.07) is 14.0. The van der Waals surface area contributed by atoms with Crippen molar-refractivity contribution in [2.45, 2.75) is 19.4 Å². The van der Waals surface area contributed by atoms with E-state index in [1.807, 2.05) is 24.3 Å². The third kappa shape index (κ3) is 6.44. The third-order valence-electron chi connectivity index (χ3n) is 4.31. The Kier molecular flexibility index (Phi) is 7.60. The van der Waals surface area contributed by atoms with Crippen LogP contribution in [0.1, 0.15) is 22.5 Å². The van der Waals surface area contributed by atoms with Crippen LogP contribution in [-0.2, 0) is 24.2 Å². The second-order valence-corrected chi connectivity index (χ2v) is 7.44. The van der Waals surface area contributed by atoms with Gasteiger partial charge in [-0.05, 0) is 48.4 Å². The van der Waals surface area contributed by atoms with Gasteiger partial charge in [-0.3, -0.25) is 9.78 Å². The molecule has 0 bridgehead atoms. The van der Waals surface area contributed by atoms with Crippen LogP contribution in [0, 0.1) is 17.1 Å². The lowest BCUT2D eigenvalue weighted by Gasteiger charge is -2.10. The monoisotopic (exact) mass is 467 g/mol. The Morgan fingerprint density at radius 2 is 1.93 bits per heavy atom. The number of hydrogen-bond acceptors (Lipinski definition) is 5. The first-order chi connectivity index (χ1) is 14.5. The fourth-order valence-corrected chi connectivity index (χ4v) is 3.34. The van der Waals surface area contributed by atoms with Crippen LogP contribution in [-0.4, -0.2) is 22.4 Å². The summed E-state index contributed by atoms with van der Waals surface area (Å²) in [6.07, 6.45) is 3.65. The van der Waals surface area contributed by atoms with E-state index < -0.39 is 0 Å². The minimum absolute atomic E-state index is 0.0748. The molecular formula is C22H19BrFN5O. The van der Waals surface area contributed by atoms with Gasteiger partial charge in [0.2, 0.25) is 5.91 Å². The number of nitrogens with zero attached hydrogens (tertiary/aromatic N) is 3. The number of carbonyl (C=O) groups is 1. The Morgan fingerprint density at radius 1 is 1.13 bits per heavy atom. The largest absolute Gasteiger partial charge is 0.326 e. The van der Waals surface area contributed by atoms with E-state index >= 15 is 0 Å². The topological polar surface area (TPSA) is 90.7 Å². The molecular weight excluding hydrogens is 449 g/mol. The summed E-state index contributed by atoms with van der Waals surface area (Å²) in [5.74, 6) is -0.450. The molecule has 2 N–H and O–H groups in total. The van der Waals surface area contributed by atoms with Crippen LogP contribution in [0.15, 0.2) is 59.3 Å². The molecule has 0 radical (unpaired) electrons. The van der Waals surface area contributed by atoms with Crippen molar-refractivity contribution in [3.63, 3.8) is 0 Å². The van der Waals surface area contributed by atoms with Gasteiger partial charge < -0.3 is 10.6 Å². The van der Waals surface area contributed by atoms with Crippen molar-refractivity contribution in [2.24, 2.45) is 0 Å². The van der Waals surface area contributed by atoms with Gasteiger partial charge in [-0.15, -0.1) is 0 Å². The zero-order chi connectivity index (χ0) is 21.3. The highest BCUT2D eigenvalue weighted by Crippen LogP contribution is 2.22. The van der Waals surface area contributed by atoms with Crippen LogP contribution in [0.2, 0.25) is 0 Å². The van der Waals surface area contributed by atoms with Crippen LogP contribution in [0.5, 0.6) is 0 Å². The van der Waals surface area contributed by atoms with Gasteiger partial charge in [0, 0.05) is 16.7 Å². The van der Waals surface area contributed by atoms with Crippen LogP contribution in [0.3, 0.4) is 0 Å². The predicted octanol–water partition coefficient (Wildman–Crippen LogP) is 3.76. The van der Waals surface area contributed by atoms with E-state index in [0.29, 0.717) is 17.9 Å². The average molecular weight is 468 g/mol. The number of aromatic nitrogens is 2. The molecule has 1 heterocycles. The van der Waals surface area contributed by atoms with Gasteiger partial charge in [0.1, 0.15) is 11.9 Å². The average Bonchev–Trinajstić information content (AvgIpc) is 2.74. The lowest BCUT2D eigenvalue weighted by atomic mass is 10.1. The fourth-order valence-electron chi connectivity index (χ4n) is 2.76. The first-order valence-electron chi connectivity index (χ1n) is 9.28. The number of anilines is 1. The van der Waals surface area contributed by atoms with E-state index in [4.69, 9.17) is 5.26 Å². The molecule has 0 aliphatic heterocycles. The van der Waals surface area contributed by atoms with Gasteiger partial charge in [0.15, 0.2) is 5.69 Å². The summed E-state index contributed by atoms with van der Waals surface area (Å²) in [5.41, 5.74) is 3.52. The second kappa shape index (κ2) is 10.6. The van der Waals surface area contributed by atoms with E-state index in [9.17, 15) is 9.18 Å². The Balaban J connectivity index is 1.47. The van der Waals surface area contributed by atoms with E-state index in [1.54, 1.807) is 12.1 Å². The number of hydrogen-bond donors (Lipinski definition) is 2. The predicted molar refractivity (Wildman–Crippen MR) is 115 cm³/mol. The molecule has 0 aliphatic carbocycles. The molecule has 1 amide bonds. The molecule has 30 heavy (non-hydrogen) atoms. The van der Waals surface area contributed by atoms with Crippen molar-refractivity contribution in [3.05, 3.63) is 87.7 Å². The Bertz CT molecular complexity index is 1050. The van der Waals surface area contributed by atoms with Crippen molar-refractivity contribution in [2.75, 3.05) is 11.9 Å². The second-order valence-electron chi connectivity index (χ2n) is 6.59. The van der Waals surface area contributed by atoms with Crippen LogP contribution in [0.4, 0.5) is 10.1 Å². The van der Waals surface area contributed by atoms with Gasteiger partial charge in [0.05, 0.1) is 24.5 Å². The van der Waals surface area contributed by atoms with Crippen LogP contribution >= 0.6 is 15.9 Å². The van der Waals surface area contributed by atoms with Crippen molar-refractivity contribution in [1.82, 2.24) is 15.3 Å². The molecule has 0 unspecified atom stereocenters. The number of halogens is 2. The van der Waals surface area contributed by atoms with E-state index in [-0.39, 0.29) is 23.8 Å². The lowest BCUT2D eigenvalue weighted by molar-refractivity contribution is -0.115. The molecule has 8 heteroatoms. The van der Waals surface area contributed by atoms with Crippen LogP contribution < -0.4 is 10.6 Å². The van der Waals surface area contributed by atoms with Crippen molar-refractivity contribution >= 4 is 27.5 Å². The van der Waals surface area contributed by atoms with Crippen molar-refractivity contribution in [3.8, 4) is 6.07 Å². The summed E-state index contributed by atoms with van der Waals surface area (Å²) < 4.78 is 13.8. The molecule has 152 valence electrons. The molecule has 0 fully saturated rings. The number of nitriles is 1. The molecule has 3 aromatic rings. The van der Waals surface area contributed by atoms with Gasteiger partial charge in [0.25, 0.3) is 0 Å². The third-order valence-corrected chi connectivity index (χ3v) is 5.05. The standard InChI is InChI=1S/C22H19BrFN5O/c23-21-9-18(29-22(30)10-19-13-28-20(11-25)14-27-19)6-3-16(21)7-8-26-12-15-1-4-17(24)5-2-15/h1-6,9,13-14,26H,7-8,10,12H2,(H,29,30). The van der Waals surface area contributed by atoms with Crippen molar-refractivity contribution < 1.29 is 9.18 Å². The van der Waals surface area contributed by atoms with E-state index in [1.165, 1.54) is 24.5 Å². The van der Waals surface area contributed by atoms with Gasteiger partial charge in [-0.2, -0.15) is 5.26 Å². The molecule has 2 aromatic carbocycles. The summed E-state index contributed by atoms with van der Waals surface area (Å²) >= 11 is 3.55. The summed E-state index contributed by atoms with van der Waals surface area (Å²) in [5, 5.41) is 14.9. The summed E-state index contributed by atoms with van der Waals surface area (Å²) in [6.45, 7) is 1.43. The maximum atomic E-state index is 12.9. The van der Waals surface area contributed by atoms with Gasteiger partial charge in [-0.1, -0.05) is 34.1 Å². The molecule has 0 spiro atoms. The molecule has 0 saturated carbocycles. The molecule has 0 saturated heterocycles. The molecule has 3 rings (SSSR count). The fraction of sp³-hybridized carbons (Fsp3) is 0.182. The number of amides is 1. The SMILES string of the molecule is N#Cc1cnc(CC(=O)Nc2ccc(CCNCc3ccc(F)cc3)c(Br)c2)cn1. The van der Waals surface area contributed by atoms with E-state index in [0.717, 1.165) is 28.6 Å². The number of nitrogens with one attached hydrogen (secondary N) is 2. The first-order valence-corrected chi connectivity index (χ1v) is 10.1. The smallest absolute Gasteiger partial charge is 0.230 e. The Morgan fingerprint density at radius 3 is 2.60 bits per heavy atom. The zero-order valence-electron chi connectivity index (χ0n) is 16.0. The quantitative estimate of drug-likeness (QED) is 0.492. The zero-order valence-corrected chi connectivity index (χ0v) is 17.6. The van der Waals surface area contributed by atoms with Crippen molar-refractivity contribution in [1.29, 1.82) is 5.26 Å². The Labute approximate surface area is 182 Å². The highest BCUT2D eigenvalue weighted by molar-refractivity contribution is 9.10. The number of rotatable bonds is 8. The minimum Gasteiger partial charge on any atom is -0.326 e. The Hall–Kier alpha value is -3.15. The highest BCUT2D eigenvalue weighted by Gasteiger charge is 2.08. The molecule has 1 aromatic heterocycles. The normalized spacial score (nSPS) is 10.4. The van der Waals surface area contributed by atoms with Gasteiger partial charge >= 0.3 is 0 Å². The maximum Gasteiger partial charge on any atom is 0.230 e. The summed E-state index contributed by atoms with van der Waals surface area (Å²) in [4.78, 5) is 20.2. The molecule has 0 atom stereocenters.